The lowest BCUT2D eigenvalue weighted by Gasteiger charge is -2.37. The van der Waals surface area contributed by atoms with Gasteiger partial charge in [-0.3, -0.25) is 0 Å². The molecule has 0 aromatic carbocycles. The van der Waals surface area contributed by atoms with Crippen molar-refractivity contribution in [2.24, 2.45) is 5.92 Å². The predicted molar refractivity (Wildman–Crippen MR) is 81.5 cm³/mol. The van der Waals surface area contributed by atoms with Crippen LogP contribution in [0, 0.1) is 5.92 Å². The van der Waals surface area contributed by atoms with Crippen molar-refractivity contribution in [3.05, 3.63) is 0 Å². The molecule has 1 aliphatic rings. The summed E-state index contributed by atoms with van der Waals surface area (Å²) in [5, 5.41) is 13.5. The summed E-state index contributed by atoms with van der Waals surface area (Å²) < 4.78 is 0. The second-order valence-corrected chi connectivity index (χ2v) is 6.41. The SMILES string of the molecule is CCCNC(CO)(CN(C)CCCN(C)C)C1CC1. The van der Waals surface area contributed by atoms with Crippen LogP contribution in [0.3, 0.4) is 0 Å². The molecule has 0 amide bonds. The van der Waals surface area contributed by atoms with Gasteiger partial charge in [0.15, 0.2) is 0 Å². The molecular formula is C15H33N3O. The molecule has 19 heavy (non-hydrogen) atoms. The molecule has 0 aromatic rings. The molecule has 0 bridgehead atoms. The number of hydrogen-bond donors (Lipinski definition) is 2. The number of aliphatic hydroxyl groups excluding tert-OH is 1. The first-order valence-electron chi connectivity index (χ1n) is 7.73. The minimum Gasteiger partial charge on any atom is -0.394 e. The fourth-order valence-corrected chi connectivity index (χ4v) is 2.79. The van der Waals surface area contributed by atoms with Crippen LogP contribution in [0.2, 0.25) is 0 Å². The normalized spacial score (nSPS) is 19.1. The van der Waals surface area contributed by atoms with Gasteiger partial charge in [0.25, 0.3) is 0 Å². The lowest BCUT2D eigenvalue weighted by molar-refractivity contribution is 0.0996. The van der Waals surface area contributed by atoms with Crippen molar-refractivity contribution in [2.45, 2.75) is 38.1 Å². The topological polar surface area (TPSA) is 38.7 Å². The van der Waals surface area contributed by atoms with E-state index < -0.39 is 0 Å². The zero-order valence-electron chi connectivity index (χ0n) is 13.3. The summed E-state index contributed by atoms with van der Waals surface area (Å²) in [5.74, 6) is 0.667. The molecule has 0 aliphatic heterocycles. The first kappa shape index (κ1) is 16.9. The Hall–Kier alpha value is -0.160. The molecular weight excluding hydrogens is 238 g/mol. The van der Waals surface area contributed by atoms with Crippen molar-refractivity contribution in [3.8, 4) is 0 Å². The van der Waals surface area contributed by atoms with E-state index in [-0.39, 0.29) is 12.1 Å². The highest BCUT2D eigenvalue weighted by atomic mass is 16.3. The molecule has 1 aliphatic carbocycles. The molecule has 2 N–H and O–H groups in total. The zero-order valence-corrected chi connectivity index (χ0v) is 13.3. The van der Waals surface area contributed by atoms with Gasteiger partial charge in [0.2, 0.25) is 0 Å². The smallest absolute Gasteiger partial charge is 0.0628 e. The van der Waals surface area contributed by atoms with Gasteiger partial charge in [0, 0.05) is 6.54 Å². The molecule has 4 nitrogen and oxygen atoms in total. The standard InChI is InChI=1S/C15H33N3O/c1-5-9-16-15(13-19,14-7-8-14)12-18(4)11-6-10-17(2)3/h14,16,19H,5-13H2,1-4H3. The number of rotatable bonds is 11. The van der Waals surface area contributed by atoms with Crippen molar-refractivity contribution in [1.82, 2.24) is 15.1 Å². The third-order valence-electron chi connectivity index (χ3n) is 4.07. The van der Waals surface area contributed by atoms with E-state index in [1.54, 1.807) is 0 Å². The summed E-state index contributed by atoms with van der Waals surface area (Å²) in [4.78, 5) is 4.60. The van der Waals surface area contributed by atoms with E-state index in [1.165, 1.54) is 19.3 Å². The van der Waals surface area contributed by atoms with E-state index in [0.717, 1.165) is 32.6 Å². The molecule has 1 fully saturated rings. The van der Waals surface area contributed by atoms with Gasteiger partial charge >= 0.3 is 0 Å². The monoisotopic (exact) mass is 271 g/mol. The lowest BCUT2D eigenvalue weighted by Crippen LogP contribution is -2.57. The largest absolute Gasteiger partial charge is 0.394 e. The molecule has 1 saturated carbocycles. The lowest BCUT2D eigenvalue weighted by atomic mass is 9.93. The zero-order chi connectivity index (χ0) is 14.3. The van der Waals surface area contributed by atoms with E-state index in [0.29, 0.717) is 5.92 Å². The van der Waals surface area contributed by atoms with Gasteiger partial charge in [-0.25, -0.2) is 0 Å². The maximum atomic E-state index is 9.88. The summed E-state index contributed by atoms with van der Waals surface area (Å²) in [6.07, 6.45) is 4.84. The van der Waals surface area contributed by atoms with Crippen LogP contribution in [0.15, 0.2) is 0 Å². The van der Waals surface area contributed by atoms with Crippen LogP contribution in [0.4, 0.5) is 0 Å². The predicted octanol–water partition coefficient (Wildman–Crippen LogP) is 1.01. The Kier molecular flexibility index (Phi) is 7.29. The Morgan fingerprint density at radius 3 is 2.37 bits per heavy atom. The number of hydrogen-bond acceptors (Lipinski definition) is 4. The quantitative estimate of drug-likeness (QED) is 0.588. The summed E-state index contributed by atoms with van der Waals surface area (Å²) in [5.41, 5.74) is -0.0666. The van der Waals surface area contributed by atoms with Crippen LogP contribution < -0.4 is 5.32 Å². The van der Waals surface area contributed by atoms with Crippen LogP contribution >= 0.6 is 0 Å². The van der Waals surface area contributed by atoms with Crippen molar-refractivity contribution in [1.29, 1.82) is 0 Å². The number of likely N-dealkylation sites (N-methyl/N-ethyl adjacent to an activating group) is 1. The van der Waals surface area contributed by atoms with E-state index >= 15 is 0 Å². The van der Waals surface area contributed by atoms with Crippen LogP contribution in [0.1, 0.15) is 32.6 Å². The van der Waals surface area contributed by atoms with Crippen molar-refractivity contribution in [3.63, 3.8) is 0 Å². The average molecular weight is 271 g/mol. The first-order valence-corrected chi connectivity index (χ1v) is 7.73. The number of aliphatic hydroxyl groups is 1. The van der Waals surface area contributed by atoms with E-state index in [2.05, 4.69) is 43.2 Å². The van der Waals surface area contributed by atoms with Crippen molar-refractivity contribution in [2.75, 3.05) is 53.9 Å². The Labute approximate surface area is 119 Å². The minimum absolute atomic E-state index is 0.0666. The third kappa shape index (κ3) is 5.78. The molecule has 1 atom stereocenters. The molecule has 1 rings (SSSR count). The second-order valence-electron chi connectivity index (χ2n) is 6.41. The Bertz CT molecular complexity index is 244. The molecule has 0 heterocycles. The van der Waals surface area contributed by atoms with E-state index in [1.807, 2.05) is 0 Å². The van der Waals surface area contributed by atoms with Crippen LogP contribution in [0.5, 0.6) is 0 Å². The van der Waals surface area contributed by atoms with Gasteiger partial charge in [-0.05, 0) is 72.4 Å². The molecule has 0 aromatic heterocycles. The van der Waals surface area contributed by atoms with Crippen molar-refractivity contribution < 1.29 is 5.11 Å². The van der Waals surface area contributed by atoms with Gasteiger partial charge in [-0.2, -0.15) is 0 Å². The fraction of sp³-hybridized carbons (Fsp3) is 1.00. The van der Waals surface area contributed by atoms with Gasteiger partial charge in [0.05, 0.1) is 12.1 Å². The van der Waals surface area contributed by atoms with Crippen LogP contribution in [0.25, 0.3) is 0 Å². The highest BCUT2D eigenvalue weighted by Gasteiger charge is 2.44. The van der Waals surface area contributed by atoms with Gasteiger partial charge in [0.1, 0.15) is 0 Å². The average Bonchev–Trinajstić information content (AvgIpc) is 3.18. The molecule has 114 valence electrons. The molecule has 4 heteroatoms. The third-order valence-corrected chi connectivity index (χ3v) is 4.07. The Morgan fingerprint density at radius 2 is 1.89 bits per heavy atom. The van der Waals surface area contributed by atoms with Gasteiger partial charge in [-0.1, -0.05) is 6.92 Å². The highest BCUT2D eigenvalue weighted by Crippen LogP contribution is 2.40. The maximum absolute atomic E-state index is 9.88. The Morgan fingerprint density at radius 1 is 1.21 bits per heavy atom. The summed E-state index contributed by atoms with van der Waals surface area (Å²) in [7, 11) is 6.41. The van der Waals surface area contributed by atoms with Gasteiger partial charge in [-0.15, -0.1) is 0 Å². The molecule has 0 saturated heterocycles. The highest BCUT2D eigenvalue weighted by molar-refractivity contribution is 5.02. The summed E-state index contributed by atoms with van der Waals surface area (Å²) >= 11 is 0. The number of nitrogens with zero attached hydrogens (tertiary/aromatic N) is 2. The summed E-state index contributed by atoms with van der Waals surface area (Å²) in [6, 6.07) is 0. The number of nitrogens with one attached hydrogen (secondary N) is 1. The molecule has 0 radical (unpaired) electrons. The van der Waals surface area contributed by atoms with Crippen LogP contribution in [-0.2, 0) is 0 Å². The molecule has 1 unspecified atom stereocenters. The van der Waals surface area contributed by atoms with Crippen LogP contribution in [-0.4, -0.2) is 74.4 Å². The summed E-state index contributed by atoms with van der Waals surface area (Å²) in [6.45, 7) is 6.63. The molecule has 0 spiro atoms. The maximum Gasteiger partial charge on any atom is 0.0628 e. The fourth-order valence-electron chi connectivity index (χ4n) is 2.79. The van der Waals surface area contributed by atoms with Crippen molar-refractivity contribution >= 4 is 0 Å². The Balaban J connectivity index is 2.42. The minimum atomic E-state index is -0.0666. The van der Waals surface area contributed by atoms with E-state index in [9.17, 15) is 5.11 Å². The second kappa shape index (κ2) is 8.20. The van der Waals surface area contributed by atoms with E-state index in [4.69, 9.17) is 0 Å². The first-order chi connectivity index (χ1) is 9.04. The van der Waals surface area contributed by atoms with Gasteiger partial charge < -0.3 is 20.2 Å².